The molecular weight excluding hydrogens is 336 g/mol. The Balaban J connectivity index is 1.68. The summed E-state index contributed by atoms with van der Waals surface area (Å²) >= 11 is 1.50. The summed E-state index contributed by atoms with van der Waals surface area (Å²) < 4.78 is 5.62. The fourth-order valence-electron chi connectivity index (χ4n) is 2.10. The van der Waals surface area contributed by atoms with Crippen LogP contribution in [-0.2, 0) is 4.79 Å². The lowest BCUT2D eigenvalue weighted by molar-refractivity contribution is -0.113. The first-order valence-electron chi connectivity index (χ1n) is 7.97. The van der Waals surface area contributed by atoms with Gasteiger partial charge in [0.05, 0.1) is 12.4 Å². The van der Waals surface area contributed by atoms with E-state index in [1.54, 1.807) is 31.3 Å². The second-order valence-corrected chi connectivity index (χ2v) is 6.53. The molecule has 2 amide bonds. The molecule has 0 saturated heterocycles. The number of nitrogens with one attached hydrogen (secondary N) is 2. The zero-order chi connectivity index (χ0) is 18.1. The van der Waals surface area contributed by atoms with Gasteiger partial charge >= 0.3 is 0 Å². The first-order chi connectivity index (χ1) is 12.1. The summed E-state index contributed by atoms with van der Waals surface area (Å²) in [5.41, 5.74) is 2.32. The van der Waals surface area contributed by atoms with Crippen molar-refractivity contribution in [2.45, 2.75) is 6.92 Å². The van der Waals surface area contributed by atoms with Gasteiger partial charge in [-0.25, -0.2) is 0 Å². The Bertz CT molecular complexity index is 717. The number of rotatable bonds is 8. The van der Waals surface area contributed by atoms with E-state index in [-0.39, 0.29) is 11.8 Å². The molecule has 2 N–H and O–H groups in total. The van der Waals surface area contributed by atoms with Gasteiger partial charge in [-0.2, -0.15) is 0 Å². The average Bonchev–Trinajstić information content (AvgIpc) is 2.62. The third kappa shape index (κ3) is 6.51. The fourth-order valence-corrected chi connectivity index (χ4v) is 2.70. The van der Waals surface area contributed by atoms with Crippen molar-refractivity contribution in [3.8, 4) is 5.75 Å². The van der Waals surface area contributed by atoms with Gasteiger partial charge in [0.25, 0.3) is 5.91 Å². The summed E-state index contributed by atoms with van der Waals surface area (Å²) in [7, 11) is 1.57. The summed E-state index contributed by atoms with van der Waals surface area (Å²) in [4.78, 5) is 23.5. The van der Waals surface area contributed by atoms with E-state index in [0.717, 1.165) is 11.5 Å². The minimum absolute atomic E-state index is 0.102. The molecule has 0 atom stereocenters. The first kappa shape index (κ1) is 18.9. The third-order valence-corrected chi connectivity index (χ3v) is 4.31. The molecule has 0 unspecified atom stereocenters. The zero-order valence-corrected chi connectivity index (χ0v) is 15.2. The molecule has 0 fully saturated rings. The lowest BCUT2D eigenvalue weighted by Crippen LogP contribution is -2.19. The largest absolute Gasteiger partial charge is 0.493 e. The summed E-state index contributed by atoms with van der Waals surface area (Å²) in [5, 5.41) is 5.35. The number of amides is 2. The van der Waals surface area contributed by atoms with Crippen LogP contribution in [0, 0.1) is 6.92 Å². The molecule has 0 aliphatic rings. The molecule has 0 aromatic heterocycles. The number of carbonyl (C=O) groups is 2. The molecule has 25 heavy (non-hydrogen) atoms. The Labute approximate surface area is 152 Å². The van der Waals surface area contributed by atoms with E-state index < -0.39 is 0 Å². The van der Waals surface area contributed by atoms with Crippen LogP contribution in [0.25, 0.3) is 0 Å². The number of hydrogen-bond donors (Lipinski definition) is 2. The van der Waals surface area contributed by atoms with Crippen LogP contribution < -0.4 is 15.4 Å². The Morgan fingerprint density at radius 1 is 1.12 bits per heavy atom. The molecule has 0 aliphatic carbocycles. The maximum atomic E-state index is 12.0. The third-order valence-electron chi connectivity index (χ3n) is 3.39. The predicted molar refractivity (Wildman–Crippen MR) is 102 cm³/mol. The molecule has 0 bridgehead atoms. The monoisotopic (exact) mass is 358 g/mol. The van der Waals surface area contributed by atoms with Gasteiger partial charge < -0.3 is 15.4 Å². The highest BCUT2D eigenvalue weighted by Crippen LogP contribution is 2.13. The summed E-state index contributed by atoms with van der Waals surface area (Å²) in [5.74, 6) is 1.61. The van der Waals surface area contributed by atoms with Crippen LogP contribution in [0.15, 0.2) is 48.5 Å². The number of thioether (sulfide) groups is 1. The summed E-state index contributed by atoms with van der Waals surface area (Å²) in [6.45, 7) is 2.58. The van der Waals surface area contributed by atoms with Gasteiger partial charge in [-0.3, -0.25) is 9.59 Å². The Hall–Kier alpha value is -2.47. The van der Waals surface area contributed by atoms with Gasteiger partial charge in [-0.1, -0.05) is 23.8 Å². The van der Waals surface area contributed by atoms with Crippen LogP contribution in [0.2, 0.25) is 0 Å². The molecule has 0 spiro atoms. The number of ether oxygens (including phenoxy) is 1. The minimum Gasteiger partial charge on any atom is -0.493 e. The van der Waals surface area contributed by atoms with E-state index in [9.17, 15) is 9.59 Å². The number of anilines is 1. The lowest BCUT2D eigenvalue weighted by atomic mass is 10.2. The van der Waals surface area contributed by atoms with E-state index >= 15 is 0 Å². The predicted octanol–water partition coefficient (Wildman–Crippen LogP) is 3.11. The molecule has 0 aliphatic heterocycles. The maximum absolute atomic E-state index is 12.0. The van der Waals surface area contributed by atoms with Crippen LogP contribution in [0.5, 0.6) is 5.75 Å². The van der Waals surface area contributed by atoms with E-state index in [2.05, 4.69) is 10.6 Å². The quantitative estimate of drug-likeness (QED) is 0.712. The molecule has 132 valence electrons. The molecule has 6 heteroatoms. The summed E-state index contributed by atoms with van der Waals surface area (Å²) in [6, 6.07) is 14.7. The summed E-state index contributed by atoms with van der Waals surface area (Å²) in [6.07, 6.45) is 0. The van der Waals surface area contributed by atoms with Gasteiger partial charge in [0, 0.05) is 24.1 Å². The minimum atomic E-state index is -0.182. The van der Waals surface area contributed by atoms with Crippen LogP contribution in [0.3, 0.4) is 0 Å². The highest BCUT2D eigenvalue weighted by molar-refractivity contribution is 7.99. The van der Waals surface area contributed by atoms with Gasteiger partial charge in [-0.15, -0.1) is 11.8 Å². The first-order valence-corrected chi connectivity index (χ1v) is 9.13. The average molecular weight is 358 g/mol. The highest BCUT2D eigenvalue weighted by Gasteiger charge is 2.06. The Kier molecular flexibility index (Phi) is 7.35. The molecule has 0 radical (unpaired) electrons. The Morgan fingerprint density at radius 3 is 2.60 bits per heavy atom. The molecule has 2 aromatic rings. The van der Waals surface area contributed by atoms with Gasteiger partial charge in [0.15, 0.2) is 0 Å². The molecule has 0 saturated carbocycles. The van der Waals surface area contributed by atoms with E-state index in [1.807, 2.05) is 31.2 Å². The van der Waals surface area contributed by atoms with Crippen molar-refractivity contribution >= 4 is 29.3 Å². The van der Waals surface area contributed by atoms with Crippen molar-refractivity contribution in [3.63, 3.8) is 0 Å². The van der Waals surface area contributed by atoms with Crippen molar-refractivity contribution in [3.05, 3.63) is 59.7 Å². The van der Waals surface area contributed by atoms with Crippen LogP contribution in [0.4, 0.5) is 5.69 Å². The van der Waals surface area contributed by atoms with Crippen LogP contribution in [-0.4, -0.2) is 37.0 Å². The topological polar surface area (TPSA) is 67.4 Å². The smallest absolute Gasteiger partial charge is 0.251 e. The van der Waals surface area contributed by atoms with Crippen molar-refractivity contribution in [2.75, 3.05) is 30.5 Å². The van der Waals surface area contributed by atoms with Crippen molar-refractivity contribution in [1.29, 1.82) is 0 Å². The second kappa shape index (κ2) is 9.74. The number of aryl methyl sites for hydroxylation is 1. The maximum Gasteiger partial charge on any atom is 0.251 e. The Morgan fingerprint density at radius 2 is 1.88 bits per heavy atom. The molecule has 2 rings (SSSR count). The van der Waals surface area contributed by atoms with E-state index in [0.29, 0.717) is 23.6 Å². The van der Waals surface area contributed by atoms with Gasteiger partial charge in [0.1, 0.15) is 5.75 Å². The number of benzene rings is 2. The highest BCUT2D eigenvalue weighted by atomic mass is 32.2. The van der Waals surface area contributed by atoms with Crippen molar-refractivity contribution in [1.82, 2.24) is 5.32 Å². The standard InChI is InChI=1S/C19H22N2O3S/c1-14-6-8-17(9-7-14)24-10-11-25-13-18(22)21-16-5-3-4-15(12-16)19(23)20-2/h3-9,12H,10-11,13H2,1-2H3,(H,20,23)(H,21,22). The molecular formula is C19H22N2O3S. The van der Waals surface area contributed by atoms with Crippen LogP contribution >= 0.6 is 11.8 Å². The molecule has 5 nitrogen and oxygen atoms in total. The molecule has 2 aromatic carbocycles. The van der Waals surface area contributed by atoms with Crippen LogP contribution in [0.1, 0.15) is 15.9 Å². The van der Waals surface area contributed by atoms with Gasteiger partial charge in [0.2, 0.25) is 5.91 Å². The van der Waals surface area contributed by atoms with Crippen molar-refractivity contribution in [2.24, 2.45) is 0 Å². The van der Waals surface area contributed by atoms with Gasteiger partial charge in [-0.05, 0) is 37.3 Å². The number of carbonyl (C=O) groups excluding carboxylic acids is 2. The fraction of sp³-hybridized carbons (Fsp3) is 0.263. The second-order valence-electron chi connectivity index (χ2n) is 5.42. The SMILES string of the molecule is CNC(=O)c1cccc(NC(=O)CSCCOc2ccc(C)cc2)c1. The van der Waals surface area contributed by atoms with E-state index in [1.165, 1.54) is 17.3 Å². The van der Waals surface area contributed by atoms with Crippen molar-refractivity contribution < 1.29 is 14.3 Å². The van der Waals surface area contributed by atoms with E-state index in [4.69, 9.17) is 4.74 Å². The lowest BCUT2D eigenvalue weighted by Gasteiger charge is -2.08. The number of hydrogen-bond acceptors (Lipinski definition) is 4. The zero-order valence-electron chi connectivity index (χ0n) is 14.4. The molecule has 0 heterocycles. The normalized spacial score (nSPS) is 10.2.